The van der Waals surface area contributed by atoms with Crippen LogP contribution in [0.5, 0.6) is 0 Å². The zero-order valence-electron chi connectivity index (χ0n) is 10.6. The number of fused-ring (bicyclic) bond motifs is 1. The minimum absolute atomic E-state index is 0.154. The van der Waals surface area contributed by atoms with Gasteiger partial charge in [0, 0.05) is 5.02 Å². The van der Waals surface area contributed by atoms with E-state index in [1.807, 2.05) is 17.5 Å². The standard InChI is InChI=1S/C14H10ClN3OS/c1-9-17-13-12(6-7-20-13)14(19)18(9)16-8-10-2-4-11(15)5-3-10/h2-8H,1H3/b16-8-. The van der Waals surface area contributed by atoms with Crippen molar-refractivity contribution in [1.82, 2.24) is 9.66 Å². The number of aromatic nitrogens is 2. The van der Waals surface area contributed by atoms with Gasteiger partial charge in [-0.2, -0.15) is 9.78 Å². The number of thiophene rings is 1. The van der Waals surface area contributed by atoms with Crippen LogP contribution in [0.3, 0.4) is 0 Å². The maximum Gasteiger partial charge on any atom is 0.282 e. The maximum atomic E-state index is 12.3. The van der Waals surface area contributed by atoms with Crippen molar-refractivity contribution in [3.05, 3.63) is 62.5 Å². The molecule has 0 atom stereocenters. The Kier molecular flexibility index (Phi) is 3.38. The van der Waals surface area contributed by atoms with Crippen LogP contribution >= 0.6 is 22.9 Å². The predicted molar refractivity (Wildman–Crippen MR) is 83.1 cm³/mol. The van der Waals surface area contributed by atoms with Crippen LogP contribution in [0.4, 0.5) is 0 Å². The molecule has 0 aliphatic carbocycles. The molecule has 0 aliphatic rings. The van der Waals surface area contributed by atoms with Gasteiger partial charge >= 0.3 is 0 Å². The summed E-state index contributed by atoms with van der Waals surface area (Å²) in [5.41, 5.74) is 0.713. The molecule has 2 aromatic heterocycles. The summed E-state index contributed by atoms with van der Waals surface area (Å²) in [7, 11) is 0. The number of hydrogen-bond donors (Lipinski definition) is 0. The highest BCUT2D eigenvalue weighted by molar-refractivity contribution is 7.16. The maximum absolute atomic E-state index is 12.3. The molecule has 0 bridgehead atoms. The molecule has 20 heavy (non-hydrogen) atoms. The molecule has 0 aliphatic heterocycles. The second kappa shape index (κ2) is 5.19. The summed E-state index contributed by atoms with van der Waals surface area (Å²) in [6, 6.07) is 8.99. The van der Waals surface area contributed by atoms with Crippen molar-refractivity contribution in [2.45, 2.75) is 6.92 Å². The van der Waals surface area contributed by atoms with E-state index in [9.17, 15) is 4.79 Å². The summed E-state index contributed by atoms with van der Waals surface area (Å²) in [6.45, 7) is 1.76. The first-order chi connectivity index (χ1) is 9.65. The second-order valence-corrected chi connectivity index (χ2v) is 5.54. The number of nitrogens with zero attached hydrogens (tertiary/aromatic N) is 3. The Bertz CT molecular complexity index is 849. The Hall–Kier alpha value is -1.98. The van der Waals surface area contributed by atoms with E-state index in [1.165, 1.54) is 16.0 Å². The second-order valence-electron chi connectivity index (χ2n) is 4.21. The highest BCUT2D eigenvalue weighted by Gasteiger charge is 2.07. The van der Waals surface area contributed by atoms with Crippen LogP contribution < -0.4 is 5.56 Å². The molecule has 0 saturated carbocycles. The largest absolute Gasteiger partial charge is 0.282 e. The topological polar surface area (TPSA) is 47.2 Å². The normalized spacial score (nSPS) is 11.5. The van der Waals surface area contributed by atoms with Crippen LogP contribution in [-0.4, -0.2) is 15.9 Å². The molecule has 4 nitrogen and oxygen atoms in total. The van der Waals surface area contributed by atoms with Gasteiger partial charge in [0.1, 0.15) is 10.7 Å². The molecule has 0 radical (unpaired) electrons. The van der Waals surface area contributed by atoms with Crippen molar-refractivity contribution in [3.63, 3.8) is 0 Å². The number of benzene rings is 1. The van der Waals surface area contributed by atoms with E-state index in [4.69, 9.17) is 11.6 Å². The van der Waals surface area contributed by atoms with Crippen LogP contribution in [-0.2, 0) is 0 Å². The molecule has 1 aromatic carbocycles. The van der Waals surface area contributed by atoms with Crippen LogP contribution in [0.2, 0.25) is 5.02 Å². The third-order valence-electron chi connectivity index (χ3n) is 2.83. The van der Waals surface area contributed by atoms with Crippen LogP contribution in [0.15, 0.2) is 45.6 Å². The highest BCUT2D eigenvalue weighted by Crippen LogP contribution is 2.15. The SMILES string of the molecule is Cc1nc2sccc2c(=O)n1/N=C\c1ccc(Cl)cc1. The van der Waals surface area contributed by atoms with Gasteiger partial charge < -0.3 is 0 Å². The van der Waals surface area contributed by atoms with Gasteiger partial charge in [-0.1, -0.05) is 23.7 Å². The van der Waals surface area contributed by atoms with Gasteiger partial charge in [0.15, 0.2) is 0 Å². The van der Waals surface area contributed by atoms with Gasteiger partial charge in [0.05, 0.1) is 11.6 Å². The fraction of sp³-hybridized carbons (Fsp3) is 0.0714. The fourth-order valence-electron chi connectivity index (χ4n) is 1.82. The predicted octanol–water partition coefficient (Wildman–Crippen LogP) is 3.30. The first-order valence-corrected chi connectivity index (χ1v) is 7.18. The van der Waals surface area contributed by atoms with Crippen molar-refractivity contribution < 1.29 is 0 Å². The molecule has 0 fully saturated rings. The molecule has 0 saturated heterocycles. The molecule has 3 aromatic rings. The fourth-order valence-corrected chi connectivity index (χ4v) is 2.74. The van der Waals surface area contributed by atoms with Gasteiger partial charge in [-0.25, -0.2) is 4.98 Å². The van der Waals surface area contributed by atoms with Crippen molar-refractivity contribution >= 4 is 39.4 Å². The van der Waals surface area contributed by atoms with E-state index in [0.29, 0.717) is 16.2 Å². The van der Waals surface area contributed by atoms with Crippen molar-refractivity contribution in [2.24, 2.45) is 5.10 Å². The molecule has 0 amide bonds. The molecular formula is C14H10ClN3OS. The third kappa shape index (κ3) is 2.37. The van der Waals surface area contributed by atoms with E-state index >= 15 is 0 Å². The number of rotatable bonds is 2. The summed E-state index contributed by atoms with van der Waals surface area (Å²) in [6.07, 6.45) is 1.62. The molecule has 0 N–H and O–H groups in total. The van der Waals surface area contributed by atoms with Crippen molar-refractivity contribution in [3.8, 4) is 0 Å². The van der Waals surface area contributed by atoms with Crippen LogP contribution in [0.25, 0.3) is 10.2 Å². The third-order valence-corrected chi connectivity index (χ3v) is 3.89. The lowest BCUT2D eigenvalue weighted by Gasteiger charge is -2.02. The number of hydrogen-bond acceptors (Lipinski definition) is 4. The molecule has 0 unspecified atom stereocenters. The lowest BCUT2D eigenvalue weighted by molar-refractivity contribution is 0.772. The Morgan fingerprint density at radius 1 is 1.30 bits per heavy atom. The average molecular weight is 304 g/mol. The Morgan fingerprint density at radius 2 is 2.05 bits per heavy atom. The highest BCUT2D eigenvalue weighted by atomic mass is 35.5. The Balaban J connectivity index is 2.06. The number of halogens is 1. The average Bonchev–Trinajstić information content (AvgIpc) is 2.89. The van der Waals surface area contributed by atoms with Gasteiger partial charge in [0.25, 0.3) is 5.56 Å². The zero-order chi connectivity index (χ0) is 14.1. The molecule has 0 spiro atoms. The van der Waals surface area contributed by atoms with Crippen LogP contribution in [0, 0.1) is 6.92 Å². The van der Waals surface area contributed by atoms with E-state index in [0.717, 1.165) is 10.4 Å². The molecule has 2 heterocycles. The van der Waals surface area contributed by atoms with Crippen molar-refractivity contribution in [1.29, 1.82) is 0 Å². The van der Waals surface area contributed by atoms with Gasteiger partial charge in [0.2, 0.25) is 0 Å². The van der Waals surface area contributed by atoms with Gasteiger partial charge in [-0.05, 0) is 36.1 Å². The quantitative estimate of drug-likeness (QED) is 0.682. The van der Waals surface area contributed by atoms with Crippen molar-refractivity contribution in [2.75, 3.05) is 0 Å². The molecule has 100 valence electrons. The van der Waals surface area contributed by atoms with E-state index < -0.39 is 0 Å². The van der Waals surface area contributed by atoms with Gasteiger partial charge in [-0.15, -0.1) is 11.3 Å². The summed E-state index contributed by atoms with van der Waals surface area (Å²) < 4.78 is 1.31. The lowest BCUT2D eigenvalue weighted by Crippen LogP contribution is -2.19. The molecular weight excluding hydrogens is 294 g/mol. The minimum atomic E-state index is -0.154. The summed E-state index contributed by atoms with van der Waals surface area (Å²) in [5.74, 6) is 0.565. The summed E-state index contributed by atoms with van der Waals surface area (Å²) in [4.78, 5) is 17.4. The summed E-state index contributed by atoms with van der Waals surface area (Å²) in [5, 5.41) is 7.32. The number of aryl methyl sites for hydroxylation is 1. The zero-order valence-corrected chi connectivity index (χ0v) is 12.1. The Labute approximate surface area is 124 Å². The first-order valence-electron chi connectivity index (χ1n) is 5.92. The monoisotopic (exact) mass is 303 g/mol. The molecule has 3 rings (SSSR count). The smallest absolute Gasteiger partial charge is 0.267 e. The Morgan fingerprint density at radius 3 is 2.80 bits per heavy atom. The molecule has 6 heteroatoms. The van der Waals surface area contributed by atoms with Crippen LogP contribution in [0.1, 0.15) is 11.4 Å². The minimum Gasteiger partial charge on any atom is -0.267 e. The first kappa shape index (κ1) is 13.0. The van der Waals surface area contributed by atoms with E-state index in [-0.39, 0.29) is 5.56 Å². The van der Waals surface area contributed by atoms with Gasteiger partial charge in [-0.3, -0.25) is 4.79 Å². The van der Waals surface area contributed by atoms with E-state index in [2.05, 4.69) is 10.1 Å². The summed E-state index contributed by atoms with van der Waals surface area (Å²) >= 11 is 7.27. The van der Waals surface area contributed by atoms with E-state index in [1.54, 1.807) is 31.3 Å². The lowest BCUT2D eigenvalue weighted by atomic mass is 10.2.